The molecule has 0 fully saturated rings. The third-order valence-electron chi connectivity index (χ3n) is 3.25. The summed E-state index contributed by atoms with van der Waals surface area (Å²) < 4.78 is 5.08. The van der Waals surface area contributed by atoms with Crippen molar-refractivity contribution in [2.45, 2.75) is 13.5 Å². The van der Waals surface area contributed by atoms with Gasteiger partial charge in [0.25, 0.3) is 5.91 Å². The summed E-state index contributed by atoms with van der Waals surface area (Å²) in [6.45, 7) is 2.25. The van der Waals surface area contributed by atoms with Crippen LogP contribution in [0.3, 0.4) is 0 Å². The van der Waals surface area contributed by atoms with Crippen molar-refractivity contribution in [1.82, 2.24) is 10.3 Å². The predicted molar refractivity (Wildman–Crippen MR) is 91.1 cm³/mol. The van der Waals surface area contributed by atoms with Crippen molar-refractivity contribution in [3.8, 4) is 11.8 Å². The SMILES string of the molecule is COc1ccc(CNC(=O)/C(C#N)=C\Nc2ccc(C)cn2)cc1. The van der Waals surface area contributed by atoms with Crippen molar-refractivity contribution in [2.75, 3.05) is 12.4 Å². The number of amides is 1. The van der Waals surface area contributed by atoms with E-state index in [-0.39, 0.29) is 5.57 Å². The number of carbonyl (C=O) groups excluding carboxylic acids is 1. The number of benzene rings is 1. The van der Waals surface area contributed by atoms with E-state index in [1.165, 1.54) is 6.20 Å². The molecule has 0 bridgehead atoms. The van der Waals surface area contributed by atoms with Gasteiger partial charge >= 0.3 is 0 Å². The Hall–Kier alpha value is -3.33. The van der Waals surface area contributed by atoms with Gasteiger partial charge in [0.1, 0.15) is 23.2 Å². The maximum absolute atomic E-state index is 12.1. The molecule has 1 aromatic carbocycles. The lowest BCUT2D eigenvalue weighted by Crippen LogP contribution is -2.24. The van der Waals surface area contributed by atoms with Crippen LogP contribution in [0.4, 0.5) is 5.82 Å². The molecule has 0 unspecified atom stereocenters. The Bertz CT molecular complexity index is 759. The Morgan fingerprint density at radius 3 is 2.62 bits per heavy atom. The summed E-state index contributed by atoms with van der Waals surface area (Å²) >= 11 is 0. The van der Waals surface area contributed by atoms with E-state index in [2.05, 4.69) is 15.6 Å². The van der Waals surface area contributed by atoms with Crippen molar-refractivity contribution in [1.29, 1.82) is 5.26 Å². The van der Waals surface area contributed by atoms with Crippen LogP contribution in [0.1, 0.15) is 11.1 Å². The molecule has 6 nitrogen and oxygen atoms in total. The predicted octanol–water partition coefficient (Wildman–Crippen LogP) is 2.53. The Morgan fingerprint density at radius 1 is 1.29 bits per heavy atom. The van der Waals surface area contributed by atoms with Gasteiger partial charge in [-0.2, -0.15) is 5.26 Å². The van der Waals surface area contributed by atoms with Crippen molar-refractivity contribution in [3.05, 3.63) is 65.5 Å². The van der Waals surface area contributed by atoms with Crippen molar-refractivity contribution in [3.63, 3.8) is 0 Å². The Balaban J connectivity index is 1.93. The van der Waals surface area contributed by atoms with Crippen LogP contribution in [-0.4, -0.2) is 18.0 Å². The van der Waals surface area contributed by atoms with Gasteiger partial charge in [0.15, 0.2) is 0 Å². The van der Waals surface area contributed by atoms with Crippen LogP contribution >= 0.6 is 0 Å². The highest BCUT2D eigenvalue weighted by atomic mass is 16.5. The third-order valence-corrected chi connectivity index (χ3v) is 3.25. The van der Waals surface area contributed by atoms with Crippen molar-refractivity contribution >= 4 is 11.7 Å². The zero-order valence-corrected chi connectivity index (χ0v) is 13.5. The molecule has 1 amide bonds. The zero-order valence-electron chi connectivity index (χ0n) is 13.5. The quantitative estimate of drug-likeness (QED) is 0.630. The van der Waals surface area contributed by atoms with E-state index in [1.54, 1.807) is 19.4 Å². The monoisotopic (exact) mass is 322 g/mol. The molecule has 0 atom stereocenters. The molecule has 0 aliphatic rings. The van der Waals surface area contributed by atoms with Gasteiger partial charge in [0.2, 0.25) is 0 Å². The number of aromatic nitrogens is 1. The van der Waals surface area contributed by atoms with Crippen LogP contribution in [0, 0.1) is 18.3 Å². The lowest BCUT2D eigenvalue weighted by Gasteiger charge is -2.06. The topological polar surface area (TPSA) is 87.0 Å². The van der Waals surface area contributed by atoms with Crippen LogP contribution < -0.4 is 15.4 Å². The molecule has 1 heterocycles. The van der Waals surface area contributed by atoms with Gasteiger partial charge in [0, 0.05) is 18.9 Å². The highest BCUT2D eigenvalue weighted by Gasteiger charge is 2.08. The number of carbonyl (C=O) groups is 1. The van der Waals surface area contributed by atoms with E-state index in [1.807, 2.05) is 43.3 Å². The summed E-state index contributed by atoms with van der Waals surface area (Å²) in [4.78, 5) is 16.2. The number of rotatable bonds is 6. The minimum absolute atomic E-state index is 0.0223. The van der Waals surface area contributed by atoms with E-state index in [4.69, 9.17) is 10.00 Å². The lowest BCUT2D eigenvalue weighted by atomic mass is 10.2. The maximum Gasteiger partial charge on any atom is 0.263 e. The molecule has 122 valence electrons. The summed E-state index contributed by atoms with van der Waals surface area (Å²) in [5, 5.41) is 14.7. The zero-order chi connectivity index (χ0) is 17.4. The van der Waals surface area contributed by atoms with Crippen molar-refractivity contribution in [2.24, 2.45) is 0 Å². The van der Waals surface area contributed by atoms with Crippen LogP contribution in [0.5, 0.6) is 5.75 Å². The molecule has 24 heavy (non-hydrogen) atoms. The van der Waals surface area contributed by atoms with E-state index in [0.717, 1.165) is 16.9 Å². The van der Waals surface area contributed by atoms with Crippen LogP contribution in [0.25, 0.3) is 0 Å². The number of hydrogen-bond donors (Lipinski definition) is 2. The molecule has 2 aromatic rings. The number of aryl methyl sites for hydroxylation is 1. The average molecular weight is 322 g/mol. The number of anilines is 1. The molecule has 0 aliphatic carbocycles. The maximum atomic E-state index is 12.1. The molecule has 2 N–H and O–H groups in total. The fourth-order valence-corrected chi connectivity index (χ4v) is 1.87. The number of pyridine rings is 1. The van der Waals surface area contributed by atoms with Crippen LogP contribution in [0.2, 0.25) is 0 Å². The van der Waals surface area contributed by atoms with Gasteiger partial charge < -0.3 is 15.4 Å². The van der Waals surface area contributed by atoms with Gasteiger partial charge in [-0.05, 0) is 36.2 Å². The number of ether oxygens (including phenoxy) is 1. The summed E-state index contributed by atoms with van der Waals surface area (Å²) in [5.74, 6) is 0.863. The molecular formula is C18H18N4O2. The largest absolute Gasteiger partial charge is 0.497 e. The van der Waals surface area contributed by atoms with Gasteiger partial charge in [-0.3, -0.25) is 4.79 Å². The van der Waals surface area contributed by atoms with Crippen LogP contribution in [0.15, 0.2) is 54.4 Å². The van der Waals surface area contributed by atoms with Crippen molar-refractivity contribution < 1.29 is 9.53 Å². The summed E-state index contributed by atoms with van der Waals surface area (Å²) in [6, 6.07) is 12.9. The van der Waals surface area contributed by atoms with Gasteiger partial charge in [-0.15, -0.1) is 0 Å². The minimum atomic E-state index is -0.451. The first-order valence-corrected chi connectivity index (χ1v) is 7.33. The Morgan fingerprint density at radius 2 is 2.04 bits per heavy atom. The summed E-state index contributed by atoms with van der Waals surface area (Å²) in [7, 11) is 1.59. The highest BCUT2D eigenvalue weighted by Crippen LogP contribution is 2.11. The number of methoxy groups -OCH3 is 1. The molecule has 0 saturated carbocycles. The summed E-state index contributed by atoms with van der Waals surface area (Å²) in [6.07, 6.45) is 3.05. The second-order valence-corrected chi connectivity index (χ2v) is 5.07. The van der Waals surface area contributed by atoms with Gasteiger partial charge in [-0.25, -0.2) is 4.98 Å². The highest BCUT2D eigenvalue weighted by molar-refractivity contribution is 5.97. The molecule has 6 heteroatoms. The standard InChI is InChI=1S/C18H18N4O2/c1-13-3-8-17(20-10-13)21-12-15(9-19)18(23)22-11-14-4-6-16(24-2)7-5-14/h3-8,10,12H,11H2,1-2H3,(H,20,21)(H,22,23)/b15-12-. The molecule has 0 radical (unpaired) electrons. The fraction of sp³-hybridized carbons (Fsp3) is 0.167. The molecular weight excluding hydrogens is 304 g/mol. The number of nitrogens with zero attached hydrogens (tertiary/aromatic N) is 2. The number of nitriles is 1. The fourth-order valence-electron chi connectivity index (χ4n) is 1.87. The number of hydrogen-bond acceptors (Lipinski definition) is 5. The summed E-state index contributed by atoms with van der Waals surface area (Å²) in [5.41, 5.74) is 1.92. The first-order valence-electron chi connectivity index (χ1n) is 7.33. The Labute approximate surface area is 140 Å². The van der Waals surface area contributed by atoms with Crippen LogP contribution in [-0.2, 0) is 11.3 Å². The van der Waals surface area contributed by atoms with E-state index in [0.29, 0.717) is 12.4 Å². The normalized spacial score (nSPS) is 10.6. The van der Waals surface area contributed by atoms with E-state index < -0.39 is 5.91 Å². The molecule has 0 saturated heterocycles. The van der Waals surface area contributed by atoms with Gasteiger partial charge in [-0.1, -0.05) is 18.2 Å². The minimum Gasteiger partial charge on any atom is -0.497 e. The lowest BCUT2D eigenvalue weighted by molar-refractivity contribution is -0.117. The molecule has 1 aromatic heterocycles. The second kappa shape index (κ2) is 8.34. The van der Waals surface area contributed by atoms with E-state index in [9.17, 15) is 4.79 Å². The average Bonchev–Trinajstić information content (AvgIpc) is 2.62. The second-order valence-electron chi connectivity index (χ2n) is 5.07. The number of nitrogens with one attached hydrogen (secondary N) is 2. The third kappa shape index (κ3) is 4.85. The Kier molecular flexibility index (Phi) is 5.92. The molecule has 2 rings (SSSR count). The first-order chi connectivity index (χ1) is 11.6. The van der Waals surface area contributed by atoms with Gasteiger partial charge in [0.05, 0.1) is 7.11 Å². The smallest absolute Gasteiger partial charge is 0.263 e. The molecule has 0 spiro atoms. The molecule has 0 aliphatic heterocycles. The first kappa shape index (κ1) is 17.0. The van der Waals surface area contributed by atoms with E-state index >= 15 is 0 Å².